The second-order valence-electron chi connectivity index (χ2n) is 33.3. The van der Waals surface area contributed by atoms with Crippen molar-refractivity contribution in [3.05, 3.63) is 358 Å². The van der Waals surface area contributed by atoms with Gasteiger partial charge in [-0.3, -0.25) is 0 Å². The van der Waals surface area contributed by atoms with E-state index < -0.39 is 0 Å². The lowest BCUT2D eigenvalue weighted by molar-refractivity contribution is -0.668. The van der Waals surface area contributed by atoms with Crippen LogP contribution in [0, 0.1) is 96.9 Å². The normalized spacial score (nSPS) is 11.1. The zero-order valence-corrected chi connectivity index (χ0v) is 75.9. The zero-order valence-electron chi connectivity index (χ0n) is 75.9. The van der Waals surface area contributed by atoms with E-state index >= 15 is 0 Å². The average molecular weight is 1610 g/mol. The first kappa shape index (κ1) is 86.5. The minimum atomic E-state index is 0.466. The van der Waals surface area contributed by atoms with Crippen LogP contribution in [0.3, 0.4) is 0 Å². The van der Waals surface area contributed by atoms with Gasteiger partial charge in [0.1, 0.15) is 34.2 Å². The molecule has 0 N–H and O–H groups in total. The first-order chi connectivity index (χ1) is 58.5. The van der Waals surface area contributed by atoms with Crippen molar-refractivity contribution >= 4 is 65.4 Å². The highest BCUT2D eigenvalue weighted by Gasteiger charge is 2.27. The Balaban J connectivity index is 0.000000126. The van der Waals surface area contributed by atoms with Gasteiger partial charge in [0.2, 0.25) is 0 Å². The van der Waals surface area contributed by atoms with E-state index in [4.69, 9.17) is 19.9 Å². The van der Waals surface area contributed by atoms with Crippen LogP contribution in [-0.4, -0.2) is 29.9 Å². The van der Waals surface area contributed by atoms with E-state index in [1.54, 1.807) is 0 Å². The van der Waals surface area contributed by atoms with E-state index in [1.807, 2.05) is 19.3 Å². The number of hydrogen-bond acceptors (Lipinski definition) is 6. The highest BCUT2D eigenvalue weighted by atomic mass is 15.1. The Bertz CT molecular complexity index is 6970. The summed E-state index contributed by atoms with van der Waals surface area (Å²) in [5.74, 6) is 6.14. The Morgan fingerprint density at radius 1 is 0.230 bits per heavy atom. The number of fused-ring (bicyclic) bond motifs is 6. The van der Waals surface area contributed by atoms with Crippen LogP contribution < -0.4 is 27.4 Å². The fraction of sp³-hybridized carbons (Fsp3) is 0.236. The molecule has 12 nitrogen and oxygen atoms in total. The van der Waals surface area contributed by atoms with Crippen LogP contribution in [0.1, 0.15) is 130 Å². The molecule has 0 aliphatic rings. The molecular formula is C110H118N12+6. The van der Waals surface area contributed by atoms with Gasteiger partial charge in [0.25, 0.3) is 35.4 Å². The van der Waals surface area contributed by atoms with Gasteiger partial charge in [0, 0.05) is 79.1 Å². The minimum absolute atomic E-state index is 0.466. The van der Waals surface area contributed by atoms with Gasteiger partial charge in [-0.2, -0.15) is 0 Å². The molecule has 0 aliphatic carbocycles. The average Bonchev–Trinajstić information content (AvgIpc) is 0.769. The molecule has 18 aromatic rings. The fourth-order valence-electron chi connectivity index (χ4n) is 16.5. The Kier molecular flexibility index (Phi) is 26.6. The second kappa shape index (κ2) is 37.5. The minimum Gasteiger partial charge on any atom is -0.232 e. The van der Waals surface area contributed by atoms with Crippen molar-refractivity contribution in [3.63, 3.8) is 0 Å². The van der Waals surface area contributed by atoms with Gasteiger partial charge in [-0.1, -0.05) is 233 Å². The maximum atomic E-state index is 4.88. The molecule has 122 heavy (non-hydrogen) atoms. The monoisotopic (exact) mass is 1610 g/mol. The molecule has 0 saturated carbocycles. The highest BCUT2D eigenvalue weighted by Crippen LogP contribution is 2.36. The Morgan fingerprint density at radius 3 is 0.975 bits per heavy atom. The van der Waals surface area contributed by atoms with Gasteiger partial charge in [0.15, 0.2) is 33.1 Å². The van der Waals surface area contributed by atoms with Gasteiger partial charge in [-0.25, -0.2) is 27.4 Å². The molecule has 18 rings (SSSR count). The van der Waals surface area contributed by atoms with Gasteiger partial charge in [-0.05, 0) is 209 Å². The molecule has 6 aromatic heterocycles. The molecule has 12 heteroatoms. The molecule has 0 unspecified atom stereocenters. The van der Waals surface area contributed by atoms with Crippen LogP contribution in [0.15, 0.2) is 267 Å². The number of aryl methyl sites for hydroxylation is 15. The summed E-state index contributed by atoms with van der Waals surface area (Å²) in [6, 6.07) is 92.0. The van der Waals surface area contributed by atoms with E-state index in [0.29, 0.717) is 11.8 Å². The number of para-hydroxylation sites is 3. The van der Waals surface area contributed by atoms with E-state index in [1.165, 1.54) is 161 Å². The Labute approximate surface area is 722 Å². The van der Waals surface area contributed by atoms with E-state index in [2.05, 4.69) is 452 Å². The molecule has 0 spiro atoms. The highest BCUT2D eigenvalue weighted by molar-refractivity contribution is 5.97. The van der Waals surface area contributed by atoms with Crippen LogP contribution in [0.25, 0.3) is 133 Å². The molecule has 0 saturated heterocycles. The van der Waals surface area contributed by atoms with Crippen LogP contribution >= 0.6 is 0 Å². The predicted octanol–water partition coefficient (Wildman–Crippen LogP) is 22.9. The molecule has 12 aromatic carbocycles. The number of benzene rings is 12. The van der Waals surface area contributed by atoms with Crippen LogP contribution in [-0.2, 0) is 42.3 Å². The summed E-state index contributed by atoms with van der Waals surface area (Å²) >= 11 is 0. The van der Waals surface area contributed by atoms with Gasteiger partial charge < -0.3 is 0 Å². The molecule has 0 bridgehead atoms. The SMILES string of the molecule is Cc1ccc2c(-c3ccccc3C)[n+](C)c(C)nc2c1.Cc1ccc2nc(C)[n+](C)c(-c3ccccc3C)c2c1.Cc1ccccc1-c1c2ccc(C(C)C)cc2nc(C)[n+]1C.Cc1ccccc1-c1c2cccc(C(C)C)c2nc(C)[n+]1C.Cc1ccccc1-c1c2cccc(C)c2nc[n+]1C.Cc1ccccc1-c1c2ccccc2nc(C)[n+]1C. The third-order valence-electron chi connectivity index (χ3n) is 24.0. The maximum absolute atomic E-state index is 4.88. The summed E-state index contributed by atoms with van der Waals surface area (Å²) in [7, 11) is 12.5. The van der Waals surface area contributed by atoms with Gasteiger partial charge in [0.05, 0.1) is 74.6 Å². The van der Waals surface area contributed by atoms with Crippen LogP contribution in [0.2, 0.25) is 0 Å². The Morgan fingerprint density at radius 2 is 0.541 bits per heavy atom. The number of rotatable bonds is 8. The zero-order chi connectivity index (χ0) is 87.1. The molecule has 0 fully saturated rings. The Hall–Kier alpha value is -13.3. The smallest absolute Gasteiger partial charge is 0.232 e. The first-order valence-corrected chi connectivity index (χ1v) is 42.5. The lowest BCUT2D eigenvalue weighted by Gasteiger charge is -2.13. The number of nitrogens with zero attached hydrogens (tertiary/aromatic N) is 12. The summed E-state index contributed by atoms with van der Waals surface area (Å²) in [6.07, 6.45) is 1.90. The molecular weight excluding hydrogens is 1490 g/mol. The summed E-state index contributed by atoms with van der Waals surface area (Å²) in [4.78, 5) is 28.3. The third-order valence-corrected chi connectivity index (χ3v) is 24.0. The number of hydrogen-bond donors (Lipinski definition) is 0. The van der Waals surface area contributed by atoms with Crippen LogP contribution in [0.4, 0.5) is 0 Å². The largest absolute Gasteiger partial charge is 0.296 e. The summed E-state index contributed by atoms with van der Waals surface area (Å²) in [5, 5.41) is 7.27. The van der Waals surface area contributed by atoms with E-state index in [0.717, 1.165) is 62.2 Å². The van der Waals surface area contributed by atoms with E-state index in [-0.39, 0.29) is 0 Å². The van der Waals surface area contributed by atoms with Crippen molar-refractivity contribution in [2.75, 3.05) is 0 Å². The molecule has 0 amide bonds. The molecule has 612 valence electrons. The van der Waals surface area contributed by atoms with Crippen molar-refractivity contribution in [2.45, 2.75) is 136 Å². The standard InChI is InChI=1S/2C20H23N2.2C18H19N2.2C17H17N2/c1-13(2)16-11-8-12-18-19(16)21-15(4)22(5)20(18)17-10-7-6-9-14(17)3;1-13(2)16-10-11-18-19(12-16)21-15(4)22(5)20(18)17-9-7-6-8-14(17)3;1-12-9-10-17-16(11-12)18(20(4)14(3)19-17)15-8-6-5-7-13(15)2;1-12-9-10-16-17(11-12)19-14(3)20(4)18(16)15-8-6-5-7-13(15)2;1-12-8-4-5-9-14(12)17-15-10-6-7-11-16(15)18-13(2)19(17)3;1-12-7-4-5-9-14(12)17-15-10-6-8-13(2)16(15)18-11-19(17)3/h2*6-13H,1-5H3;2*5-11H,1-4H3;2*4-11H,1-3H3/q6*+1. The quantitative estimate of drug-likeness (QED) is 0.141. The summed E-state index contributed by atoms with van der Waals surface area (Å²) in [5.41, 5.74) is 35.7. The number of aromatic nitrogens is 12. The topological polar surface area (TPSA) is 101 Å². The fourth-order valence-corrected chi connectivity index (χ4v) is 16.5. The molecule has 0 atom stereocenters. The first-order valence-electron chi connectivity index (χ1n) is 42.5. The van der Waals surface area contributed by atoms with Gasteiger partial charge >= 0.3 is 0 Å². The molecule has 0 radical (unpaired) electrons. The molecule has 6 heterocycles. The lowest BCUT2D eigenvalue weighted by atomic mass is 9.96. The van der Waals surface area contributed by atoms with Crippen molar-refractivity contribution in [3.8, 4) is 67.5 Å². The van der Waals surface area contributed by atoms with Crippen molar-refractivity contribution < 1.29 is 27.4 Å². The van der Waals surface area contributed by atoms with Crippen molar-refractivity contribution in [1.82, 2.24) is 29.9 Å². The predicted molar refractivity (Wildman–Crippen MR) is 505 cm³/mol. The third kappa shape index (κ3) is 18.2. The van der Waals surface area contributed by atoms with E-state index in [9.17, 15) is 0 Å². The van der Waals surface area contributed by atoms with Gasteiger partial charge in [-0.15, -0.1) is 0 Å². The van der Waals surface area contributed by atoms with Crippen LogP contribution in [0.5, 0.6) is 0 Å². The summed E-state index contributed by atoms with van der Waals surface area (Å²) < 4.78 is 13.0. The van der Waals surface area contributed by atoms with Crippen molar-refractivity contribution in [2.24, 2.45) is 42.3 Å². The lowest BCUT2D eigenvalue weighted by Crippen LogP contribution is -2.36. The molecule has 0 aliphatic heterocycles. The summed E-state index contributed by atoms with van der Waals surface area (Å²) in [6.45, 7) is 38.5. The maximum Gasteiger partial charge on any atom is 0.296 e. The van der Waals surface area contributed by atoms with Crippen molar-refractivity contribution in [1.29, 1.82) is 0 Å². The second-order valence-corrected chi connectivity index (χ2v) is 33.3.